The number of nitrogens with one attached hydrogen (secondary N) is 1. The first kappa shape index (κ1) is 16.7. The average Bonchev–Trinajstić information content (AvgIpc) is 3.13. The molecule has 1 aliphatic heterocycles. The molecule has 1 aliphatic rings. The van der Waals surface area contributed by atoms with Crippen molar-refractivity contribution in [2.75, 3.05) is 13.1 Å². The highest BCUT2D eigenvalue weighted by Crippen LogP contribution is 2.28. The molecule has 0 spiro atoms. The van der Waals surface area contributed by atoms with Crippen LogP contribution < -0.4 is 0 Å². The monoisotopic (exact) mass is 327 g/mol. The molecule has 2 aromatic rings. The maximum absolute atomic E-state index is 12.7. The van der Waals surface area contributed by atoms with Gasteiger partial charge in [0.25, 0.3) is 0 Å². The molecule has 0 saturated carbocycles. The Labute approximate surface area is 143 Å². The third kappa shape index (κ3) is 4.03. The fourth-order valence-electron chi connectivity index (χ4n) is 3.04. The summed E-state index contributed by atoms with van der Waals surface area (Å²) in [5.74, 6) is 0.562. The molecule has 1 saturated heterocycles. The van der Waals surface area contributed by atoms with E-state index in [-0.39, 0.29) is 18.1 Å². The third-order valence-electron chi connectivity index (χ3n) is 4.58. The lowest BCUT2D eigenvalue weighted by atomic mass is 10.0. The van der Waals surface area contributed by atoms with Gasteiger partial charge in [0.1, 0.15) is 6.10 Å². The molecular formula is C19H25N3O2. The molecule has 1 aromatic heterocycles. The SMILES string of the molecule is CC(C)C1CN(C(=O)CCc2cn[nH]c2)CC(c2ccccc2)O1. The van der Waals surface area contributed by atoms with Gasteiger partial charge in [-0.25, -0.2) is 0 Å². The van der Waals surface area contributed by atoms with Crippen LogP contribution in [-0.2, 0) is 16.0 Å². The van der Waals surface area contributed by atoms with Crippen molar-refractivity contribution in [2.45, 2.75) is 38.9 Å². The fourth-order valence-corrected chi connectivity index (χ4v) is 3.04. The lowest BCUT2D eigenvalue weighted by molar-refractivity contribution is -0.150. The van der Waals surface area contributed by atoms with Crippen molar-refractivity contribution in [3.8, 4) is 0 Å². The van der Waals surface area contributed by atoms with E-state index >= 15 is 0 Å². The minimum absolute atomic E-state index is 0.0507. The van der Waals surface area contributed by atoms with Gasteiger partial charge in [-0.05, 0) is 23.5 Å². The fraction of sp³-hybridized carbons (Fsp3) is 0.474. The second kappa shape index (κ2) is 7.62. The molecule has 2 atom stereocenters. The lowest BCUT2D eigenvalue weighted by Crippen LogP contribution is -2.48. The highest BCUT2D eigenvalue weighted by Gasteiger charge is 2.32. The van der Waals surface area contributed by atoms with Crippen LogP contribution in [0.2, 0.25) is 0 Å². The predicted molar refractivity (Wildman–Crippen MR) is 92.4 cm³/mol. The van der Waals surface area contributed by atoms with Gasteiger partial charge >= 0.3 is 0 Å². The first-order valence-electron chi connectivity index (χ1n) is 8.59. The third-order valence-corrected chi connectivity index (χ3v) is 4.58. The summed E-state index contributed by atoms with van der Waals surface area (Å²) in [5, 5.41) is 6.72. The van der Waals surface area contributed by atoms with Gasteiger partial charge in [0.15, 0.2) is 0 Å². The summed E-state index contributed by atoms with van der Waals surface area (Å²) in [5.41, 5.74) is 2.20. The highest BCUT2D eigenvalue weighted by molar-refractivity contribution is 5.76. The van der Waals surface area contributed by atoms with Gasteiger partial charge in [-0.2, -0.15) is 5.10 Å². The van der Waals surface area contributed by atoms with Crippen LogP contribution in [0.1, 0.15) is 37.5 Å². The molecule has 0 aliphatic carbocycles. The van der Waals surface area contributed by atoms with E-state index in [4.69, 9.17) is 4.74 Å². The van der Waals surface area contributed by atoms with Crippen molar-refractivity contribution in [1.82, 2.24) is 15.1 Å². The van der Waals surface area contributed by atoms with Crippen LogP contribution >= 0.6 is 0 Å². The Bertz CT molecular complexity index is 640. The van der Waals surface area contributed by atoms with Crippen LogP contribution in [0.25, 0.3) is 0 Å². The molecule has 0 bridgehead atoms. The molecule has 1 fully saturated rings. The van der Waals surface area contributed by atoms with Crippen LogP contribution in [0.4, 0.5) is 0 Å². The van der Waals surface area contributed by atoms with E-state index in [9.17, 15) is 4.79 Å². The van der Waals surface area contributed by atoms with Crippen LogP contribution in [0.3, 0.4) is 0 Å². The number of carbonyl (C=O) groups excluding carboxylic acids is 1. The number of amides is 1. The summed E-state index contributed by atoms with van der Waals surface area (Å²) in [6.07, 6.45) is 4.86. The number of hydrogen-bond donors (Lipinski definition) is 1. The van der Waals surface area contributed by atoms with E-state index in [1.807, 2.05) is 29.3 Å². The molecule has 3 rings (SSSR count). The van der Waals surface area contributed by atoms with Gasteiger partial charge in [0.2, 0.25) is 5.91 Å². The minimum Gasteiger partial charge on any atom is -0.366 e. The molecule has 5 heteroatoms. The van der Waals surface area contributed by atoms with Gasteiger partial charge in [-0.1, -0.05) is 44.2 Å². The van der Waals surface area contributed by atoms with Crippen molar-refractivity contribution in [3.63, 3.8) is 0 Å². The number of hydrogen-bond acceptors (Lipinski definition) is 3. The van der Waals surface area contributed by atoms with Gasteiger partial charge < -0.3 is 9.64 Å². The Hall–Kier alpha value is -2.14. The van der Waals surface area contributed by atoms with Crippen molar-refractivity contribution in [3.05, 3.63) is 53.9 Å². The van der Waals surface area contributed by atoms with Gasteiger partial charge in [0, 0.05) is 19.2 Å². The number of nitrogens with zero attached hydrogens (tertiary/aromatic N) is 2. The second-order valence-corrected chi connectivity index (χ2v) is 6.72. The zero-order chi connectivity index (χ0) is 16.9. The molecule has 1 N–H and O–H groups in total. The van der Waals surface area contributed by atoms with Crippen molar-refractivity contribution in [2.24, 2.45) is 5.92 Å². The molecule has 1 aromatic carbocycles. The van der Waals surface area contributed by atoms with Crippen LogP contribution in [0.5, 0.6) is 0 Å². The first-order valence-corrected chi connectivity index (χ1v) is 8.59. The number of carbonyl (C=O) groups is 1. The average molecular weight is 327 g/mol. The Morgan fingerprint density at radius 1 is 1.33 bits per heavy atom. The number of benzene rings is 1. The van der Waals surface area contributed by atoms with E-state index in [0.717, 1.165) is 17.5 Å². The normalized spacial score (nSPS) is 21.2. The summed E-state index contributed by atoms with van der Waals surface area (Å²) < 4.78 is 6.26. The van der Waals surface area contributed by atoms with Gasteiger partial charge in [-0.15, -0.1) is 0 Å². The molecule has 24 heavy (non-hydrogen) atoms. The zero-order valence-electron chi connectivity index (χ0n) is 14.3. The maximum Gasteiger partial charge on any atom is 0.223 e. The molecule has 2 unspecified atom stereocenters. The number of morpholine rings is 1. The number of rotatable bonds is 5. The number of ether oxygens (including phenoxy) is 1. The molecular weight excluding hydrogens is 302 g/mol. The summed E-state index contributed by atoms with van der Waals surface area (Å²) in [7, 11) is 0. The van der Waals surface area contributed by atoms with Crippen molar-refractivity contribution < 1.29 is 9.53 Å². The standard InChI is InChI=1S/C19H25N3O2/c1-14(2)17-12-22(19(23)9-8-15-10-20-21-11-15)13-18(24-17)16-6-4-3-5-7-16/h3-7,10-11,14,17-18H,8-9,12-13H2,1-2H3,(H,20,21). The van der Waals surface area contributed by atoms with Gasteiger partial charge in [-0.3, -0.25) is 9.89 Å². The number of aromatic nitrogens is 2. The quantitative estimate of drug-likeness (QED) is 0.918. The van der Waals surface area contributed by atoms with E-state index in [2.05, 4.69) is 36.2 Å². The smallest absolute Gasteiger partial charge is 0.223 e. The zero-order valence-corrected chi connectivity index (χ0v) is 14.3. The number of H-pyrrole nitrogens is 1. The van der Waals surface area contributed by atoms with E-state index in [1.165, 1.54) is 0 Å². The molecule has 1 amide bonds. The lowest BCUT2D eigenvalue weighted by Gasteiger charge is -2.40. The largest absolute Gasteiger partial charge is 0.366 e. The van der Waals surface area contributed by atoms with Crippen molar-refractivity contribution >= 4 is 5.91 Å². The maximum atomic E-state index is 12.7. The van der Waals surface area contributed by atoms with Crippen LogP contribution in [-0.4, -0.2) is 40.2 Å². The van der Waals surface area contributed by atoms with Crippen LogP contribution in [0.15, 0.2) is 42.7 Å². The molecule has 0 radical (unpaired) electrons. The Morgan fingerprint density at radius 2 is 2.12 bits per heavy atom. The second-order valence-electron chi connectivity index (χ2n) is 6.72. The first-order chi connectivity index (χ1) is 11.6. The minimum atomic E-state index is -0.0507. The molecule has 2 heterocycles. The van der Waals surface area contributed by atoms with E-state index < -0.39 is 0 Å². The highest BCUT2D eigenvalue weighted by atomic mass is 16.5. The van der Waals surface area contributed by atoms with Gasteiger partial charge in [0.05, 0.1) is 18.8 Å². The van der Waals surface area contributed by atoms with E-state index in [1.54, 1.807) is 6.20 Å². The summed E-state index contributed by atoms with van der Waals surface area (Å²) in [6, 6.07) is 10.2. The summed E-state index contributed by atoms with van der Waals surface area (Å²) in [4.78, 5) is 14.6. The molecule has 128 valence electrons. The Balaban J connectivity index is 1.68. The van der Waals surface area contributed by atoms with Crippen LogP contribution in [0, 0.1) is 5.92 Å². The topological polar surface area (TPSA) is 58.2 Å². The van der Waals surface area contributed by atoms with E-state index in [0.29, 0.717) is 25.4 Å². The Morgan fingerprint density at radius 3 is 2.79 bits per heavy atom. The summed E-state index contributed by atoms with van der Waals surface area (Å²) >= 11 is 0. The molecule has 5 nitrogen and oxygen atoms in total. The summed E-state index contributed by atoms with van der Waals surface area (Å²) in [6.45, 7) is 5.58. The Kier molecular flexibility index (Phi) is 5.30. The predicted octanol–water partition coefficient (Wildman–Crippen LogP) is 2.97. The number of aryl methyl sites for hydroxylation is 1. The van der Waals surface area contributed by atoms with Crippen molar-refractivity contribution in [1.29, 1.82) is 0 Å². The number of aromatic amines is 1.